The molecule has 0 atom stereocenters. The first-order chi connectivity index (χ1) is 8.36. The summed E-state index contributed by atoms with van der Waals surface area (Å²) in [4.78, 5) is 15.7. The average Bonchev–Trinajstić information content (AvgIpc) is 2.25. The van der Waals surface area contributed by atoms with E-state index in [1.807, 2.05) is 20.8 Å². The fourth-order valence-electron chi connectivity index (χ4n) is 2.73. The maximum atomic E-state index is 11.4. The summed E-state index contributed by atoms with van der Waals surface area (Å²) in [6.07, 6.45) is 2.73. The fourth-order valence-corrected chi connectivity index (χ4v) is 2.73. The minimum atomic E-state index is -0.846. The van der Waals surface area contributed by atoms with Gasteiger partial charge < -0.3 is 10.0 Å². The maximum absolute atomic E-state index is 11.4. The SMILES string of the molecule is CC(C)(C)N(C(=O)O)C1CCC(CN=[N+]=[N-])CC1. The second-order valence-electron chi connectivity index (χ2n) is 5.91. The number of carboxylic acid groups (broad SMARTS) is 1. The Bertz CT molecular complexity index is 336. The highest BCUT2D eigenvalue weighted by Crippen LogP contribution is 2.31. The van der Waals surface area contributed by atoms with Crippen LogP contribution in [-0.2, 0) is 0 Å². The smallest absolute Gasteiger partial charge is 0.407 e. The van der Waals surface area contributed by atoms with E-state index < -0.39 is 6.09 Å². The zero-order chi connectivity index (χ0) is 13.8. The summed E-state index contributed by atoms with van der Waals surface area (Å²) < 4.78 is 0. The molecule has 1 rings (SSSR count). The van der Waals surface area contributed by atoms with Gasteiger partial charge in [-0.15, -0.1) is 0 Å². The van der Waals surface area contributed by atoms with Gasteiger partial charge in [-0.3, -0.25) is 0 Å². The van der Waals surface area contributed by atoms with E-state index in [1.165, 1.54) is 0 Å². The van der Waals surface area contributed by atoms with Crippen molar-refractivity contribution in [2.45, 2.75) is 58.0 Å². The molecule has 1 amide bonds. The van der Waals surface area contributed by atoms with E-state index in [0.717, 1.165) is 25.7 Å². The molecule has 0 radical (unpaired) electrons. The van der Waals surface area contributed by atoms with Crippen molar-refractivity contribution in [2.75, 3.05) is 6.54 Å². The first-order valence-electron chi connectivity index (χ1n) is 6.39. The molecule has 1 fully saturated rings. The van der Waals surface area contributed by atoms with Crippen molar-refractivity contribution in [2.24, 2.45) is 11.0 Å². The minimum Gasteiger partial charge on any atom is -0.465 e. The van der Waals surface area contributed by atoms with Crippen LogP contribution in [0, 0.1) is 5.92 Å². The Kier molecular flexibility index (Phi) is 4.84. The standard InChI is InChI=1S/C12H22N4O2/c1-12(2,3)16(11(17)18)10-6-4-9(5-7-10)8-14-15-13/h9-10H,4-8H2,1-3H3,(H,17,18). The van der Waals surface area contributed by atoms with Crippen LogP contribution in [-0.4, -0.2) is 34.2 Å². The number of hydrogen-bond acceptors (Lipinski definition) is 2. The Labute approximate surface area is 108 Å². The highest BCUT2D eigenvalue weighted by molar-refractivity contribution is 5.66. The van der Waals surface area contributed by atoms with Gasteiger partial charge in [0.15, 0.2) is 0 Å². The van der Waals surface area contributed by atoms with Crippen LogP contribution in [0.4, 0.5) is 4.79 Å². The van der Waals surface area contributed by atoms with Crippen molar-refractivity contribution >= 4 is 6.09 Å². The van der Waals surface area contributed by atoms with E-state index in [0.29, 0.717) is 12.5 Å². The van der Waals surface area contributed by atoms with Gasteiger partial charge in [-0.2, -0.15) is 0 Å². The number of hydrogen-bond donors (Lipinski definition) is 1. The predicted octanol–water partition coefficient (Wildman–Crippen LogP) is 3.63. The van der Waals surface area contributed by atoms with E-state index in [-0.39, 0.29) is 11.6 Å². The quantitative estimate of drug-likeness (QED) is 0.473. The molecule has 0 aromatic rings. The molecular weight excluding hydrogens is 232 g/mol. The molecule has 0 bridgehead atoms. The third-order valence-electron chi connectivity index (χ3n) is 3.51. The van der Waals surface area contributed by atoms with Gasteiger partial charge in [-0.05, 0) is 57.9 Å². The molecule has 0 unspecified atom stereocenters. The van der Waals surface area contributed by atoms with Crippen molar-refractivity contribution in [3.8, 4) is 0 Å². The Morgan fingerprint density at radius 3 is 2.33 bits per heavy atom. The second kappa shape index (κ2) is 5.96. The van der Waals surface area contributed by atoms with Gasteiger partial charge in [-0.1, -0.05) is 5.11 Å². The van der Waals surface area contributed by atoms with Gasteiger partial charge in [-0.25, -0.2) is 4.79 Å². The van der Waals surface area contributed by atoms with Crippen LogP contribution in [0.25, 0.3) is 10.4 Å². The van der Waals surface area contributed by atoms with E-state index in [9.17, 15) is 9.90 Å². The molecule has 1 aliphatic carbocycles. The molecule has 0 spiro atoms. The van der Waals surface area contributed by atoms with E-state index in [2.05, 4.69) is 10.0 Å². The summed E-state index contributed by atoms with van der Waals surface area (Å²) in [5.74, 6) is 0.410. The Balaban J connectivity index is 2.60. The fraction of sp³-hybridized carbons (Fsp3) is 0.917. The van der Waals surface area contributed by atoms with Gasteiger partial charge in [0.05, 0.1) is 0 Å². The number of carbonyl (C=O) groups is 1. The lowest BCUT2D eigenvalue weighted by Gasteiger charge is -2.42. The van der Waals surface area contributed by atoms with Crippen LogP contribution in [0.2, 0.25) is 0 Å². The van der Waals surface area contributed by atoms with Gasteiger partial charge in [0.2, 0.25) is 0 Å². The number of rotatable bonds is 3. The lowest BCUT2D eigenvalue weighted by molar-refractivity contribution is 0.0510. The minimum absolute atomic E-state index is 0.0878. The third kappa shape index (κ3) is 3.81. The molecule has 0 aliphatic heterocycles. The predicted molar refractivity (Wildman–Crippen MR) is 69.4 cm³/mol. The highest BCUT2D eigenvalue weighted by atomic mass is 16.4. The Morgan fingerprint density at radius 2 is 1.94 bits per heavy atom. The summed E-state index contributed by atoms with van der Waals surface area (Å²) in [5.41, 5.74) is 7.92. The summed E-state index contributed by atoms with van der Waals surface area (Å²) >= 11 is 0. The third-order valence-corrected chi connectivity index (χ3v) is 3.51. The van der Waals surface area contributed by atoms with Crippen molar-refractivity contribution in [1.29, 1.82) is 0 Å². The summed E-state index contributed by atoms with van der Waals surface area (Å²) in [6.45, 7) is 6.30. The van der Waals surface area contributed by atoms with Crippen LogP contribution < -0.4 is 0 Å². The molecule has 6 nitrogen and oxygen atoms in total. The van der Waals surface area contributed by atoms with Crippen LogP contribution in [0.3, 0.4) is 0 Å². The Morgan fingerprint density at radius 1 is 1.39 bits per heavy atom. The first kappa shape index (κ1) is 14.6. The number of amides is 1. The van der Waals surface area contributed by atoms with Gasteiger partial charge in [0.25, 0.3) is 0 Å². The lowest BCUT2D eigenvalue weighted by atomic mass is 9.84. The van der Waals surface area contributed by atoms with Crippen LogP contribution in [0.15, 0.2) is 5.11 Å². The van der Waals surface area contributed by atoms with E-state index in [4.69, 9.17) is 5.53 Å². The molecule has 0 aromatic carbocycles. The number of nitrogens with zero attached hydrogens (tertiary/aromatic N) is 4. The molecule has 0 aromatic heterocycles. The molecule has 0 heterocycles. The molecule has 1 aliphatic rings. The highest BCUT2D eigenvalue weighted by Gasteiger charge is 2.35. The molecule has 18 heavy (non-hydrogen) atoms. The largest absolute Gasteiger partial charge is 0.465 e. The molecule has 1 N–H and O–H groups in total. The van der Waals surface area contributed by atoms with Crippen molar-refractivity contribution < 1.29 is 9.90 Å². The summed E-state index contributed by atoms with van der Waals surface area (Å²) in [7, 11) is 0. The van der Waals surface area contributed by atoms with Crippen molar-refractivity contribution in [1.82, 2.24) is 4.90 Å². The monoisotopic (exact) mass is 254 g/mol. The zero-order valence-electron chi connectivity index (χ0n) is 11.3. The molecule has 1 saturated carbocycles. The first-order valence-corrected chi connectivity index (χ1v) is 6.39. The normalized spacial score (nSPS) is 24.2. The van der Waals surface area contributed by atoms with E-state index in [1.54, 1.807) is 4.90 Å². The lowest BCUT2D eigenvalue weighted by Crippen LogP contribution is -2.52. The van der Waals surface area contributed by atoms with Crippen molar-refractivity contribution in [3.63, 3.8) is 0 Å². The second-order valence-corrected chi connectivity index (χ2v) is 5.91. The van der Waals surface area contributed by atoms with Gasteiger partial charge >= 0.3 is 6.09 Å². The average molecular weight is 254 g/mol. The van der Waals surface area contributed by atoms with Crippen LogP contribution in [0.5, 0.6) is 0 Å². The molecule has 6 heteroatoms. The van der Waals surface area contributed by atoms with Gasteiger partial charge in [0.1, 0.15) is 0 Å². The molecule has 0 saturated heterocycles. The zero-order valence-corrected chi connectivity index (χ0v) is 11.3. The number of azide groups is 1. The molecular formula is C12H22N4O2. The molecule has 102 valence electrons. The van der Waals surface area contributed by atoms with Crippen molar-refractivity contribution in [3.05, 3.63) is 10.4 Å². The van der Waals surface area contributed by atoms with Crippen LogP contribution >= 0.6 is 0 Å². The topological polar surface area (TPSA) is 89.3 Å². The Hall–Kier alpha value is -1.42. The van der Waals surface area contributed by atoms with E-state index >= 15 is 0 Å². The van der Waals surface area contributed by atoms with Crippen LogP contribution in [0.1, 0.15) is 46.5 Å². The maximum Gasteiger partial charge on any atom is 0.407 e. The van der Waals surface area contributed by atoms with Gasteiger partial charge in [0, 0.05) is 23.0 Å². The summed E-state index contributed by atoms with van der Waals surface area (Å²) in [5, 5.41) is 12.9. The summed E-state index contributed by atoms with van der Waals surface area (Å²) in [6, 6.07) is 0.0878.